The van der Waals surface area contributed by atoms with E-state index in [2.05, 4.69) is 4.98 Å². The number of ketones is 2. The van der Waals surface area contributed by atoms with Gasteiger partial charge in [0.15, 0.2) is 5.78 Å². The first-order valence-corrected chi connectivity index (χ1v) is 8.50. The lowest BCUT2D eigenvalue weighted by molar-refractivity contribution is -0.122. The summed E-state index contributed by atoms with van der Waals surface area (Å²) in [7, 11) is 0. The number of benzene rings is 1. The monoisotopic (exact) mass is 356 g/mol. The fourth-order valence-corrected chi connectivity index (χ4v) is 3.88. The van der Waals surface area contributed by atoms with Crippen molar-refractivity contribution >= 4 is 29.1 Å². The Morgan fingerprint density at radius 2 is 1.70 bits per heavy atom. The van der Waals surface area contributed by atoms with Crippen molar-refractivity contribution in [3.05, 3.63) is 82.7 Å². The molecule has 1 aromatic heterocycles. The zero-order valence-corrected chi connectivity index (χ0v) is 14.0. The van der Waals surface area contributed by atoms with Gasteiger partial charge in [-0.15, -0.1) is 0 Å². The van der Waals surface area contributed by atoms with Crippen molar-refractivity contribution in [1.82, 2.24) is 4.98 Å². The summed E-state index contributed by atoms with van der Waals surface area (Å²) in [5, 5.41) is 0. The highest BCUT2D eigenvalue weighted by molar-refractivity contribution is 6.33. The number of imide groups is 1. The summed E-state index contributed by atoms with van der Waals surface area (Å²) in [5.74, 6) is -2.26. The van der Waals surface area contributed by atoms with Crippen LogP contribution >= 0.6 is 0 Å². The standard InChI is InChI=1S/C21H12N2O4/c24-18-12-7-4-8-22-17(12)19(25)14-10-16-15(9-13(14)18)20(26)23(21(16)27)11-5-2-1-3-6-11/h1-9,16H,10H2. The van der Waals surface area contributed by atoms with Crippen molar-refractivity contribution in [2.45, 2.75) is 6.42 Å². The van der Waals surface area contributed by atoms with Crippen LogP contribution in [-0.4, -0.2) is 28.4 Å². The molecule has 2 aliphatic carbocycles. The minimum atomic E-state index is -0.751. The van der Waals surface area contributed by atoms with Crippen molar-refractivity contribution in [2.75, 3.05) is 4.90 Å². The first-order chi connectivity index (χ1) is 13.1. The number of nitrogens with zero attached hydrogens (tertiary/aromatic N) is 2. The molecule has 1 fully saturated rings. The number of aromatic nitrogens is 1. The van der Waals surface area contributed by atoms with Gasteiger partial charge in [0, 0.05) is 22.9 Å². The van der Waals surface area contributed by atoms with Gasteiger partial charge in [-0.2, -0.15) is 0 Å². The van der Waals surface area contributed by atoms with Crippen LogP contribution in [0.1, 0.15) is 27.3 Å². The van der Waals surface area contributed by atoms with Gasteiger partial charge in [0.25, 0.3) is 5.91 Å². The van der Waals surface area contributed by atoms with E-state index in [0.29, 0.717) is 5.69 Å². The lowest BCUT2D eigenvalue weighted by Crippen LogP contribution is -2.31. The van der Waals surface area contributed by atoms with E-state index in [4.69, 9.17) is 0 Å². The highest BCUT2D eigenvalue weighted by atomic mass is 16.2. The first-order valence-electron chi connectivity index (χ1n) is 8.50. The normalized spacial score (nSPS) is 21.1. The van der Waals surface area contributed by atoms with Crippen LogP contribution in [0, 0.1) is 5.92 Å². The predicted octanol–water partition coefficient (Wildman–Crippen LogP) is 2.28. The zero-order chi connectivity index (χ0) is 18.7. The lowest BCUT2D eigenvalue weighted by Gasteiger charge is -2.24. The second-order valence-corrected chi connectivity index (χ2v) is 6.62. The maximum Gasteiger partial charge on any atom is 0.261 e. The van der Waals surface area contributed by atoms with Crippen LogP contribution in [0.25, 0.3) is 0 Å². The van der Waals surface area contributed by atoms with E-state index < -0.39 is 11.8 Å². The molecule has 1 atom stereocenters. The van der Waals surface area contributed by atoms with Crippen LogP contribution in [0.3, 0.4) is 0 Å². The largest absolute Gasteiger partial charge is 0.289 e. The fraction of sp³-hybridized carbons (Fsp3) is 0.0952. The third-order valence-electron chi connectivity index (χ3n) is 5.18. The third kappa shape index (κ3) is 2.04. The molecule has 6 nitrogen and oxygen atoms in total. The summed E-state index contributed by atoms with van der Waals surface area (Å²) in [6.45, 7) is 0. The van der Waals surface area contributed by atoms with E-state index in [1.165, 1.54) is 12.3 Å². The van der Waals surface area contributed by atoms with Gasteiger partial charge in [0.05, 0.1) is 17.2 Å². The van der Waals surface area contributed by atoms with Crippen LogP contribution in [0.2, 0.25) is 0 Å². The molecule has 3 aliphatic rings. The van der Waals surface area contributed by atoms with Crippen LogP contribution in [-0.2, 0) is 9.59 Å². The van der Waals surface area contributed by atoms with Gasteiger partial charge in [-0.3, -0.25) is 24.2 Å². The van der Waals surface area contributed by atoms with E-state index in [9.17, 15) is 19.2 Å². The average molecular weight is 356 g/mol. The summed E-state index contributed by atoms with van der Waals surface area (Å²) in [4.78, 5) is 56.5. The summed E-state index contributed by atoms with van der Waals surface area (Å²) in [6, 6.07) is 11.8. The van der Waals surface area contributed by atoms with Gasteiger partial charge in [0.2, 0.25) is 11.7 Å². The van der Waals surface area contributed by atoms with Gasteiger partial charge in [0.1, 0.15) is 5.69 Å². The Morgan fingerprint density at radius 3 is 2.48 bits per heavy atom. The van der Waals surface area contributed by atoms with Crippen molar-refractivity contribution in [3.8, 4) is 0 Å². The Kier molecular flexibility index (Phi) is 3.12. The smallest absolute Gasteiger partial charge is 0.261 e. The van der Waals surface area contributed by atoms with Gasteiger partial charge in [-0.1, -0.05) is 18.2 Å². The van der Waals surface area contributed by atoms with Crippen molar-refractivity contribution in [1.29, 1.82) is 0 Å². The number of hydrogen-bond donors (Lipinski definition) is 0. The summed E-state index contributed by atoms with van der Waals surface area (Å²) < 4.78 is 0. The molecular weight excluding hydrogens is 344 g/mol. The molecule has 2 heterocycles. The molecule has 0 saturated carbocycles. The number of pyridine rings is 1. The van der Waals surface area contributed by atoms with Crippen LogP contribution < -0.4 is 4.90 Å². The number of para-hydroxylation sites is 1. The van der Waals surface area contributed by atoms with E-state index in [1.807, 2.05) is 0 Å². The quantitative estimate of drug-likeness (QED) is 0.732. The number of anilines is 1. The van der Waals surface area contributed by atoms with E-state index >= 15 is 0 Å². The van der Waals surface area contributed by atoms with E-state index in [-0.39, 0.29) is 51.9 Å². The fourth-order valence-electron chi connectivity index (χ4n) is 3.88. The summed E-state index contributed by atoms with van der Waals surface area (Å²) >= 11 is 0. The molecule has 27 heavy (non-hydrogen) atoms. The maximum absolute atomic E-state index is 12.9. The second kappa shape index (κ2) is 5.41. The van der Waals surface area contributed by atoms with Crippen LogP contribution in [0.5, 0.6) is 0 Å². The number of hydrogen-bond acceptors (Lipinski definition) is 5. The minimum absolute atomic E-state index is 0.0374. The molecular formula is C21H12N2O4. The number of fused-ring (bicyclic) bond motifs is 2. The number of carbonyl (C=O) groups excluding carboxylic acids is 4. The maximum atomic E-state index is 12.9. The van der Waals surface area contributed by atoms with Gasteiger partial charge < -0.3 is 0 Å². The molecule has 0 bridgehead atoms. The zero-order valence-electron chi connectivity index (χ0n) is 14.0. The number of allylic oxidation sites excluding steroid dienone is 3. The Morgan fingerprint density at radius 1 is 0.926 bits per heavy atom. The molecule has 2 aromatic rings. The molecule has 0 radical (unpaired) electrons. The molecule has 0 spiro atoms. The second-order valence-electron chi connectivity index (χ2n) is 6.62. The molecule has 130 valence electrons. The Hall–Kier alpha value is -3.67. The Labute approximate surface area is 153 Å². The number of Topliss-reactive ketones (excluding diaryl/α,β-unsaturated/α-hetero) is 2. The first kappa shape index (κ1) is 15.6. The predicted molar refractivity (Wildman–Crippen MR) is 95.0 cm³/mol. The third-order valence-corrected chi connectivity index (χ3v) is 5.18. The minimum Gasteiger partial charge on any atom is -0.289 e. The SMILES string of the molecule is O=C1C2=C(CC3C(=O)N(c4ccccc4)C(=O)C3=C2)C(=O)c2ncccc21. The molecule has 0 N–H and O–H groups in total. The summed E-state index contributed by atoms with van der Waals surface area (Å²) in [5.41, 5.74) is 1.53. The summed E-state index contributed by atoms with van der Waals surface area (Å²) in [6.07, 6.45) is 2.92. The Bertz CT molecular complexity index is 1130. The Balaban J connectivity index is 1.61. The van der Waals surface area contributed by atoms with Gasteiger partial charge >= 0.3 is 0 Å². The van der Waals surface area contributed by atoms with E-state index in [0.717, 1.165) is 4.90 Å². The topological polar surface area (TPSA) is 84.4 Å². The molecule has 1 unspecified atom stereocenters. The highest BCUT2D eigenvalue weighted by Gasteiger charge is 2.48. The van der Waals surface area contributed by atoms with E-state index in [1.54, 1.807) is 42.5 Å². The highest BCUT2D eigenvalue weighted by Crippen LogP contribution is 2.42. The van der Waals surface area contributed by atoms with Crippen LogP contribution in [0.15, 0.2) is 71.5 Å². The number of amides is 2. The average Bonchev–Trinajstić information content (AvgIpc) is 2.95. The molecule has 1 aliphatic heterocycles. The number of carbonyl (C=O) groups is 4. The molecule has 1 saturated heterocycles. The van der Waals surface area contributed by atoms with Crippen molar-refractivity contribution in [2.24, 2.45) is 5.92 Å². The molecule has 5 rings (SSSR count). The van der Waals surface area contributed by atoms with Gasteiger partial charge in [-0.25, -0.2) is 4.90 Å². The molecule has 1 aromatic carbocycles. The number of rotatable bonds is 1. The lowest BCUT2D eigenvalue weighted by atomic mass is 9.76. The van der Waals surface area contributed by atoms with Crippen molar-refractivity contribution < 1.29 is 19.2 Å². The molecule has 6 heteroatoms. The van der Waals surface area contributed by atoms with Crippen LogP contribution in [0.4, 0.5) is 5.69 Å². The molecule has 2 amide bonds. The van der Waals surface area contributed by atoms with Gasteiger partial charge in [-0.05, 0) is 36.8 Å². The van der Waals surface area contributed by atoms with Crippen molar-refractivity contribution in [3.63, 3.8) is 0 Å².